The summed E-state index contributed by atoms with van der Waals surface area (Å²) in [7, 11) is 0. The van der Waals surface area contributed by atoms with Gasteiger partial charge < -0.3 is 4.90 Å². The summed E-state index contributed by atoms with van der Waals surface area (Å²) >= 11 is 1.85. The quantitative estimate of drug-likeness (QED) is 0.700. The second-order valence-corrected chi connectivity index (χ2v) is 8.24. The highest BCUT2D eigenvalue weighted by Crippen LogP contribution is 2.51. The largest absolute Gasteiger partial charge is 0.309 e. The average molecular weight is 373 g/mol. The minimum atomic E-state index is -0.584. The fourth-order valence-electron chi connectivity index (χ4n) is 4.34. The number of rotatable bonds is 4. The molecule has 0 fully saturated rings. The van der Waals surface area contributed by atoms with Gasteiger partial charge in [-0.2, -0.15) is 0 Å². The number of amides is 1. The van der Waals surface area contributed by atoms with Crippen LogP contribution in [-0.2, 0) is 23.1 Å². The Hall–Kier alpha value is -2.66. The summed E-state index contributed by atoms with van der Waals surface area (Å²) in [6, 6.07) is 14.4. The van der Waals surface area contributed by atoms with Gasteiger partial charge in [-0.05, 0) is 59.9 Å². The molecule has 0 saturated carbocycles. The van der Waals surface area contributed by atoms with Crippen LogP contribution in [0.5, 0.6) is 0 Å². The van der Waals surface area contributed by atoms with Crippen LogP contribution in [0.4, 0.5) is 5.69 Å². The van der Waals surface area contributed by atoms with Crippen molar-refractivity contribution in [2.75, 3.05) is 17.2 Å². The Bertz CT molecular complexity index is 949. The van der Waals surface area contributed by atoms with Crippen molar-refractivity contribution in [1.29, 1.82) is 0 Å². The van der Waals surface area contributed by atoms with Crippen LogP contribution in [-0.4, -0.2) is 28.2 Å². The third kappa shape index (κ3) is 2.65. The van der Waals surface area contributed by atoms with Crippen molar-refractivity contribution < 1.29 is 4.79 Å². The number of aromatic nitrogens is 2. The molecule has 4 nitrogen and oxygen atoms in total. The Morgan fingerprint density at radius 2 is 1.56 bits per heavy atom. The molecule has 0 saturated heterocycles. The van der Waals surface area contributed by atoms with Gasteiger partial charge in [0.2, 0.25) is 5.91 Å². The fourth-order valence-corrected chi connectivity index (χ4v) is 5.37. The number of hydrogen-bond donors (Lipinski definition) is 0. The molecule has 27 heavy (non-hydrogen) atoms. The van der Waals surface area contributed by atoms with Crippen molar-refractivity contribution in [2.45, 2.75) is 23.2 Å². The van der Waals surface area contributed by atoms with Gasteiger partial charge in [-0.15, -0.1) is 11.8 Å². The lowest BCUT2D eigenvalue weighted by atomic mass is 9.72. The average Bonchev–Trinajstić information content (AvgIpc) is 2.95. The molecule has 4 heterocycles. The van der Waals surface area contributed by atoms with Crippen LogP contribution in [0.25, 0.3) is 0 Å². The topological polar surface area (TPSA) is 46.1 Å². The fraction of sp³-hybridized carbons (Fsp3) is 0.227. The summed E-state index contributed by atoms with van der Waals surface area (Å²) in [6.07, 6.45) is 8.56. The maximum absolute atomic E-state index is 13.8. The second kappa shape index (κ2) is 6.50. The molecule has 5 heteroatoms. The molecule has 2 aliphatic heterocycles. The summed E-state index contributed by atoms with van der Waals surface area (Å²) in [5.41, 5.74) is 3.97. The van der Waals surface area contributed by atoms with E-state index in [0.717, 1.165) is 34.7 Å². The smallest absolute Gasteiger partial charge is 0.238 e. The SMILES string of the molecule is O=C1N2CCSc3cccc(c32)C1(Cc1ccncc1)Cc1ccncc1. The summed E-state index contributed by atoms with van der Waals surface area (Å²) < 4.78 is 0. The number of pyridine rings is 2. The van der Waals surface area contributed by atoms with Gasteiger partial charge in [0.15, 0.2) is 0 Å². The Morgan fingerprint density at radius 1 is 0.926 bits per heavy atom. The Morgan fingerprint density at radius 3 is 2.19 bits per heavy atom. The lowest BCUT2D eigenvalue weighted by Gasteiger charge is -2.29. The molecular weight excluding hydrogens is 354 g/mol. The first kappa shape index (κ1) is 16.5. The molecule has 0 radical (unpaired) electrons. The predicted molar refractivity (Wildman–Crippen MR) is 107 cm³/mol. The van der Waals surface area contributed by atoms with Crippen molar-refractivity contribution in [3.8, 4) is 0 Å². The van der Waals surface area contributed by atoms with E-state index < -0.39 is 5.41 Å². The van der Waals surface area contributed by atoms with Gasteiger partial charge in [0.25, 0.3) is 0 Å². The highest BCUT2D eigenvalue weighted by molar-refractivity contribution is 7.99. The number of para-hydroxylation sites is 1. The molecule has 1 amide bonds. The maximum atomic E-state index is 13.8. The van der Waals surface area contributed by atoms with Gasteiger partial charge in [-0.3, -0.25) is 14.8 Å². The summed E-state index contributed by atoms with van der Waals surface area (Å²) in [5.74, 6) is 1.17. The lowest BCUT2D eigenvalue weighted by Crippen LogP contribution is -2.44. The zero-order chi connectivity index (χ0) is 18.3. The van der Waals surface area contributed by atoms with E-state index in [0.29, 0.717) is 12.8 Å². The molecule has 2 aliphatic rings. The Balaban J connectivity index is 1.69. The molecular formula is C22H19N3OS. The lowest BCUT2D eigenvalue weighted by molar-refractivity contribution is -0.123. The van der Waals surface area contributed by atoms with Gasteiger partial charge in [-0.1, -0.05) is 12.1 Å². The third-order valence-electron chi connectivity index (χ3n) is 5.52. The maximum Gasteiger partial charge on any atom is 0.238 e. The molecule has 0 aliphatic carbocycles. The first-order chi connectivity index (χ1) is 13.3. The van der Waals surface area contributed by atoms with E-state index in [2.05, 4.69) is 28.2 Å². The Kier molecular flexibility index (Phi) is 3.97. The van der Waals surface area contributed by atoms with E-state index in [9.17, 15) is 4.79 Å². The number of carbonyl (C=O) groups excluding carboxylic acids is 1. The molecule has 0 atom stereocenters. The van der Waals surface area contributed by atoms with Crippen molar-refractivity contribution in [2.24, 2.45) is 0 Å². The minimum Gasteiger partial charge on any atom is -0.309 e. The summed E-state index contributed by atoms with van der Waals surface area (Å²) in [4.78, 5) is 25.3. The third-order valence-corrected chi connectivity index (χ3v) is 6.55. The molecule has 0 N–H and O–H groups in total. The van der Waals surface area contributed by atoms with Gasteiger partial charge >= 0.3 is 0 Å². The molecule has 2 aromatic heterocycles. The van der Waals surface area contributed by atoms with E-state index in [1.54, 1.807) is 24.8 Å². The van der Waals surface area contributed by atoms with E-state index in [-0.39, 0.29) is 5.91 Å². The van der Waals surface area contributed by atoms with Crippen molar-refractivity contribution in [3.63, 3.8) is 0 Å². The zero-order valence-electron chi connectivity index (χ0n) is 14.8. The number of hydrogen-bond acceptors (Lipinski definition) is 4. The normalized spacial score (nSPS) is 17.0. The molecule has 1 aromatic carbocycles. The summed E-state index contributed by atoms with van der Waals surface area (Å²) in [6.45, 7) is 0.780. The van der Waals surface area contributed by atoms with E-state index in [1.165, 1.54) is 4.90 Å². The Labute approximate surface area is 162 Å². The van der Waals surface area contributed by atoms with Crippen molar-refractivity contribution in [1.82, 2.24) is 9.97 Å². The molecule has 0 bridgehead atoms. The second-order valence-electron chi connectivity index (χ2n) is 7.10. The monoisotopic (exact) mass is 373 g/mol. The van der Waals surface area contributed by atoms with Crippen LogP contribution in [0.2, 0.25) is 0 Å². The first-order valence-electron chi connectivity index (χ1n) is 9.14. The molecule has 0 spiro atoms. The highest BCUT2D eigenvalue weighted by Gasteiger charge is 2.52. The standard InChI is InChI=1S/C22H19N3OS/c26-21-22(14-16-4-8-23-9-5-16,15-17-6-10-24-11-7-17)18-2-1-3-19-20(18)25(21)12-13-27-19/h1-11H,12-15H2. The van der Waals surface area contributed by atoms with Gasteiger partial charge in [-0.25, -0.2) is 0 Å². The minimum absolute atomic E-state index is 0.221. The van der Waals surface area contributed by atoms with Crippen molar-refractivity contribution >= 4 is 23.4 Å². The highest BCUT2D eigenvalue weighted by atomic mass is 32.2. The molecule has 0 unspecified atom stereocenters. The number of carbonyl (C=O) groups is 1. The summed E-state index contributed by atoms with van der Waals surface area (Å²) in [5, 5.41) is 0. The number of benzene rings is 1. The van der Waals surface area contributed by atoms with Crippen LogP contribution in [0, 0.1) is 0 Å². The number of thioether (sulfide) groups is 1. The molecule has 5 rings (SSSR count). The van der Waals surface area contributed by atoms with Crippen LogP contribution >= 0.6 is 11.8 Å². The molecule has 3 aromatic rings. The number of nitrogens with zero attached hydrogens (tertiary/aromatic N) is 3. The van der Waals surface area contributed by atoms with E-state index >= 15 is 0 Å². The molecule has 134 valence electrons. The van der Waals surface area contributed by atoms with Gasteiger partial charge in [0.1, 0.15) is 0 Å². The van der Waals surface area contributed by atoms with E-state index in [4.69, 9.17) is 0 Å². The van der Waals surface area contributed by atoms with Crippen LogP contribution < -0.4 is 4.90 Å². The first-order valence-corrected chi connectivity index (χ1v) is 10.1. The number of anilines is 1. The van der Waals surface area contributed by atoms with Crippen LogP contribution in [0.15, 0.2) is 72.1 Å². The van der Waals surface area contributed by atoms with Gasteiger partial charge in [0.05, 0.1) is 11.1 Å². The van der Waals surface area contributed by atoms with Crippen LogP contribution in [0.1, 0.15) is 16.7 Å². The predicted octanol–water partition coefficient (Wildman–Crippen LogP) is 3.65. The van der Waals surface area contributed by atoms with Gasteiger partial charge in [0, 0.05) is 42.0 Å². The zero-order valence-corrected chi connectivity index (χ0v) is 15.7. The van der Waals surface area contributed by atoms with Crippen LogP contribution in [0.3, 0.4) is 0 Å². The van der Waals surface area contributed by atoms with E-state index in [1.807, 2.05) is 40.9 Å². The van der Waals surface area contributed by atoms with Crippen molar-refractivity contribution in [3.05, 3.63) is 83.9 Å².